The molecule has 0 aromatic carbocycles. The van der Waals surface area contributed by atoms with Gasteiger partial charge in [0, 0.05) is 49.9 Å². The number of likely N-dealkylation sites (tertiary alicyclic amines) is 1. The van der Waals surface area contributed by atoms with E-state index in [1.54, 1.807) is 0 Å². The average Bonchev–Trinajstić information content (AvgIpc) is 3.25. The van der Waals surface area contributed by atoms with Gasteiger partial charge in [0.2, 0.25) is 11.9 Å². The lowest BCUT2D eigenvalue weighted by Crippen LogP contribution is -2.56. The van der Waals surface area contributed by atoms with Gasteiger partial charge in [0.05, 0.1) is 0 Å². The van der Waals surface area contributed by atoms with Crippen molar-refractivity contribution >= 4 is 29.4 Å². The van der Waals surface area contributed by atoms with E-state index in [4.69, 9.17) is 4.98 Å². The van der Waals surface area contributed by atoms with Crippen LogP contribution in [-0.4, -0.2) is 89.7 Å². The second kappa shape index (κ2) is 14.0. The maximum atomic E-state index is 12.8. The van der Waals surface area contributed by atoms with Gasteiger partial charge < -0.3 is 20.9 Å². The molecule has 5 rings (SSSR count). The zero-order valence-electron chi connectivity index (χ0n) is 22.5. The third kappa shape index (κ3) is 7.51. The first kappa shape index (κ1) is 27.0. The van der Waals surface area contributed by atoms with E-state index in [1.165, 1.54) is 56.5 Å². The number of hydrogen-bond donors (Lipinski definition) is 3. The molecule has 0 bridgehead atoms. The van der Waals surface area contributed by atoms with Crippen LogP contribution in [0.1, 0.15) is 70.6 Å². The Morgan fingerprint density at radius 1 is 1.00 bits per heavy atom. The number of carbonyl (C=O) groups excluding carboxylic acids is 1. The molecule has 3 N–H and O–H groups in total. The van der Waals surface area contributed by atoms with E-state index in [9.17, 15) is 4.79 Å². The van der Waals surface area contributed by atoms with Crippen LogP contribution < -0.4 is 20.9 Å². The van der Waals surface area contributed by atoms with Crippen LogP contribution >= 0.6 is 11.8 Å². The van der Waals surface area contributed by atoms with Crippen LogP contribution in [0.15, 0.2) is 12.3 Å². The van der Waals surface area contributed by atoms with Crippen molar-refractivity contribution in [3.05, 3.63) is 12.3 Å². The molecular formula is C28H47N7OS. The fourth-order valence-electron chi connectivity index (χ4n) is 6.72. The molecule has 4 aliphatic heterocycles. The van der Waals surface area contributed by atoms with Crippen molar-refractivity contribution in [2.45, 2.75) is 88.8 Å². The quantitative estimate of drug-likeness (QED) is 0.472. The Morgan fingerprint density at radius 3 is 2.57 bits per heavy atom. The van der Waals surface area contributed by atoms with Crippen LogP contribution in [0.2, 0.25) is 0 Å². The highest BCUT2D eigenvalue weighted by molar-refractivity contribution is 7.99. The Morgan fingerprint density at radius 2 is 1.78 bits per heavy atom. The van der Waals surface area contributed by atoms with E-state index in [0.29, 0.717) is 18.1 Å². The average molecular weight is 530 g/mol. The molecule has 9 heteroatoms. The maximum absolute atomic E-state index is 12.8. The van der Waals surface area contributed by atoms with Gasteiger partial charge in [-0.25, -0.2) is 4.98 Å². The highest BCUT2D eigenvalue weighted by Crippen LogP contribution is 2.31. The molecule has 5 heterocycles. The SMILES string of the molecule is O=C(NCCC1C(Nc2nccc(N3CCCCCC3)n2)CCCN1C1CCSCC1)C1CCNCC1. The molecule has 1 aromatic rings. The zero-order valence-corrected chi connectivity index (χ0v) is 23.3. The molecule has 8 nitrogen and oxygen atoms in total. The van der Waals surface area contributed by atoms with Gasteiger partial charge >= 0.3 is 0 Å². The predicted octanol–water partition coefficient (Wildman–Crippen LogP) is 3.50. The Labute approximate surface area is 227 Å². The van der Waals surface area contributed by atoms with Crippen molar-refractivity contribution < 1.29 is 4.79 Å². The molecule has 1 aromatic heterocycles. The number of amides is 1. The molecule has 206 valence electrons. The second-order valence-corrected chi connectivity index (χ2v) is 12.5. The summed E-state index contributed by atoms with van der Waals surface area (Å²) in [7, 11) is 0. The number of thioether (sulfide) groups is 1. The van der Waals surface area contributed by atoms with Crippen molar-refractivity contribution in [1.82, 2.24) is 25.5 Å². The van der Waals surface area contributed by atoms with Crippen molar-refractivity contribution in [2.24, 2.45) is 5.92 Å². The molecule has 0 spiro atoms. The third-order valence-corrected chi connectivity index (χ3v) is 9.87. The van der Waals surface area contributed by atoms with Gasteiger partial charge in [-0.3, -0.25) is 9.69 Å². The minimum Gasteiger partial charge on any atom is -0.356 e. The predicted molar refractivity (Wildman–Crippen MR) is 153 cm³/mol. The van der Waals surface area contributed by atoms with Crippen LogP contribution in [0, 0.1) is 5.92 Å². The summed E-state index contributed by atoms with van der Waals surface area (Å²) in [5.74, 6) is 4.76. The lowest BCUT2D eigenvalue weighted by Gasteiger charge is -2.47. The molecular weight excluding hydrogens is 482 g/mol. The minimum absolute atomic E-state index is 0.170. The van der Waals surface area contributed by atoms with E-state index < -0.39 is 0 Å². The van der Waals surface area contributed by atoms with E-state index in [1.807, 2.05) is 6.20 Å². The standard InChI is InChI=1S/C28H47N7OS/c36-27(22-7-13-29-14-8-22)30-15-9-25-24(6-5-19-35(25)23-11-20-37-21-12-23)32-28-31-16-10-26(33-28)34-17-3-1-2-4-18-34/h10,16,22-25,29H,1-9,11-15,17-21H2,(H,30,36)(H,31,32,33). The number of hydrogen-bond acceptors (Lipinski definition) is 8. The van der Waals surface area contributed by atoms with Gasteiger partial charge in [0.15, 0.2) is 0 Å². The molecule has 0 radical (unpaired) electrons. The summed E-state index contributed by atoms with van der Waals surface area (Å²) in [6.45, 7) is 6.00. The van der Waals surface area contributed by atoms with Gasteiger partial charge in [-0.2, -0.15) is 16.7 Å². The van der Waals surface area contributed by atoms with Crippen LogP contribution in [0.4, 0.5) is 11.8 Å². The van der Waals surface area contributed by atoms with Crippen molar-refractivity contribution in [3.63, 3.8) is 0 Å². The molecule has 4 aliphatic rings. The Balaban J connectivity index is 1.25. The highest BCUT2D eigenvalue weighted by atomic mass is 32.2. The summed E-state index contributed by atoms with van der Waals surface area (Å²) in [6, 6.07) is 3.41. The third-order valence-electron chi connectivity index (χ3n) is 8.82. The van der Waals surface area contributed by atoms with E-state index in [0.717, 1.165) is 76.7 Å². The van der Waals surface area contributed by atoms with Gasteiger partial charge in [-0.1, -0.05) is 12.8 Å². The molecule has 4 saturated heterocycles. The lowest BCUT2D eigenvalue weighted by molar-refractivity contribution is -0.125. The number of rotatable bonds is 8. The van der Waals surface area contributed by atoms with Crippen molar-refractivity contribution in [3.8, 4) is 0 Å². The topological polar surface area (TPSA) is 85.4 Å². The number of aromatic nitrogens is 2. The molecule has 2 unspecified atom stereocenters. The number of piperidine rings is 2. The van der Waals surface area contributed by atoms with E-state index in [-0.39, 0.29) is 11.8 Å². The normalized spacial score (nSPS) is 27.0. The van der Waals surface area contributed by atoms with E-state index >= 15 is 0 Å². The number of anilines is 2. The molecule has 0 aliphatic carbocycles. The Kier molecular flexibility index (Phi) is 10.2. The summed E-state index contributed by atoms with van der Waals surface area (Å²) in [5, 5.41) is 10.4. The molecule has 1 amide bonds. The zero-order chi connectivity index (χ0) is 25.3. The molecule has 37 heavy (non-hydrogen) atoms. The minimum atomic E-state index is 0.170. The van der Waals surface area contributed by atoms with Gasteiger partial charge in [-0.15, -0.1) is 0 Å². The smallest absolute Gasteiger partial charge is 0.224 e. The second-order valence-electron chi connectivity index (χ2n) is 11.3. The summed E-state index contributed by atoms with van der Waals surface area (Å²) in [6.07, 6.45) is 14.8. The Bertz CT molecular complexity index is 838. The number of nitrogens with zero attached hydrogens (tertiary/aromatic N) is 4. The summed E-state index contributed by atoms with van der Waals surface area (Å²) < 4.78 is 0. The van der Waals surface area contributed by atoms with Crippen LogP contribution in [0.25, 0.3) is 0 Å². The molecule has 4 fully saturated rings. The summed E-state index contributed by atoms with van der Waals surface area (Å²) >= 11 is 2.09. The van der Waals surface area contributed by atoms with Crippen LogP contribution in [0.3, 0.4) is 0 Å². The fourth-order valence-corrected chi connectivity index (χ4v) is 7.80. The number of nitrogens with one attached hydrogen (secondary N) is 3. The first-order valence-electron chi connectivity index (χ1n) is 14.9. The first-order chi connectivity index (χ1) is 18.3. The fraction of sp³-hybridized carbons (Fsp3) is 0.821. The summed E-state index contributed by atoms with van der Waals surface area (Å²) in [4.78, 5) is 27.6. The van der Waals surface area contributed by atoms with Crippen molar-refractivity contribution in [1.29, 1.82) is 0 Å². The summed E-state index contributed by atoms with van der Waals surface area (Å²) in [5.41, 5.74) is 0. The van der Waals surface area contributed by atoms with Gasteiger partial charge in [-0.05, 0) is 95.0 Å². The van der Waals surface area contributed by atoms with Crippen LogP contribution in [-0.2, 0) is 4.79 Å². The van der Waals surface area contributed by atoms with Gasteiger partial charge in [0.25, 0.3) is 0 Å². The Hall–Kier alpha value is -1.58. The lowest BCUT2D eigenvalue weighted by atomic mass is 9.90. The van der Waals surface area contributed by atoms with Crippen molar-refractivity contribution in [2.75, 3.05) is 61.0 Å². The molecule has 2 atom stereocenters. The number of carbonyl (C=O) groups is 1. The molecule has 0 saturated carbocycles. The van der Waals surface area contributed by atoms with E-state index in [2.05, 4.69) is 48.6 Å². The monoisotopic (exact) mass is 529 g/mol. The first-order valence-corrected chi connectivity index (χ1v) is 16.1. The van der Waals surface area contributed by atoms with Crippen LogP contribution in [0.5, 0.6) is 0 Å². The highest BCUT2D eigenvalue weighted by Gasteiger charge is 2.36. The van der Waals surface area contributed by atoms with Gasteiger partial charge in [0.1, 0.15) is 5.82 Å². The largest absolute Gasteiger partial charge is 0.356 e. The maximum Gasteiger partial charge on any atom is 0.224 e.